The standard InChI is InChI=1S/C12H16INO3/c1-4-17-8(2)12(15)14-11-6-5-9(16-3)7-10(11)13/h5-8H,4H2,1-3H3,(H,14,15)/t8-/m1/s1. The Morgan fingerprint density at radius 1 is 1.53 bits per heavy atom. The Balaban J connectivity index is 2.71. The number of methoxy groups -OCH3 is 1. The third-order valence-corrected chi connectivity index (χ3v) is 3.11. The van der Waals surface area contributed by atoms with E-state index in [1.165, 1.54) is 0 Å². The maximum atomic E-state index is 11.7. The van der Waals surface area contributed by atoms with Crippen LogP contribution >= 0.6 is 22.6 Å². The molecule has 0 saturated carbocycles. The van der Waals surface area contributed by atoms with Crippen molar-refractivity contribution in [2.45, 2.75) is 20.0 Å². The van der Waals surface area contributed by atoms with Crippen LogP contribution in [0.5, 0.6) is 5.75 Å². The van der Waals surface area contributed by atoms with Crippen molar-refractivity contribution >= 4 is 34.2 Å². The molecule has 0 heterocycles. The molecule has 94 valence electrons. The quantitative estimate of drug-likeness (QED) is 0.832. The van der Waals surface area contributed by atoms with Crippen molar-refractivity contribution in [3.05, 3.63) is 21.8 Å². The fraction of sp³-hybridized carbons (Fsp3) is 0.417. The van der Waals surface area contributed by atoms with Crippen molar-refractivity contribution in [1.82, 2.24) is 0 Å². The van der Waals surface area contributed by atoms with Crippen LogP contribution in [0.15, 0.2) is 18.2 Å². The highest BCUT2D eigenvalue weighted by Gasteiger charge is 2.14. The van der Waals surface area contributed by atoms with Gasteiger partial charge < -0.3 is 14.8 Å². The fourth-order valence-corrected chi connectivity index (χ4v) is 1.91. The number of hydrogen-bond donors (Lipinski definition) is 1. The number of rotatable bonds is 5. The molecule has 1 aromatic rings. The van der Waals surface area contributed by atoms with E-state index in [2.05, 4.69) is 27.9 Å². The van der Waals surface area contributed by atoms with Gasteiger partial charge in [-0.25, -0.2) is 0 Å². The number of halogens is 1. The number of carbonyl (C=O) groups is 1. The summed E-state index contributed by atoms with van der Waals surface area (Å²) < 4.78 is 11.2. The maximum absolute atomic E-state index is 11.7. The lowest BCUT2D eigenvalue weighted by molar-refractivity contribution is -0.126. The summed E-state index contributed by atoms with van der Waals surface area (Å²) >= 11 is 2.15. The molecule has 1 rings (SSSR count). The summed E-state index contributed by atoms with van der Waals surface area (Å²) in [4.78, 5) is 11.7. The van der Waals surface area contributed by atoms with Gasteiger partial charge in [0, 0.05) is 10.2 Å². The zero-order chi connectivity index (χ0) is 12.8. The van der Waals surface area contributed by atoms with Crippen molar-refractivity contribution in [2.24, 2.45) is 0 Å². The van der Waals surface area contributed by atoms with Crippen LogP contribution in [0.1, 0.15) is 13.8 Å². The highest BCUT2D eigenvalue weighted by Crippen LogP contribution is 2.23. The van der Waals surface area contributed by atoms with Crippen LogP contribution in [-0.2, 0) is 9.53 Å². The first-order chi connectivity index (χ1) is 8.08. The van der Waals surface area contributed by atoms with E-state index in [0.717, 1.165) is 15.0 Å². The maximum Gasteiger partial charge on any atom is 0.253 e. The van der Waals surface area contributed by atoms with Crippen LogP contribution < -0.4 is 10.1 Å². The number of benzene rings is 1. The van der Waals surface area contributed by atoms with E-state index in [-0.39, 0.29) is 5.91 Å². The van der Waals surface area contributed by atoms with Crippen LogP contribution in [0.25, 0.3) is 0 Å². The number of ether oxygens (including phenoxy) is 2. The zero-order valence-corrected chi connectivity index (χ0v) is 12.3. The molecule has 0 aliphatic rings. The van der Waals surface area contributed by atoms with Crippen LogP contribution in [0.4, 0.5) is 5.69 Å². The normalized spacial score (nSPS) is 12.0. The third-order valence-electron chi connectivity index (χ3n) is 2.22. The molecule has 1 aromatic carbocycles. The molecule has 1 atom stereocenters. The number of hydrogen-bond acceptors (Lipinski definition) is 3. The van der Waals surface area contributed by atoms with Gasteiger partial charge in [0.05, 0.1) is 12.8 Å². The van der Waals surface area contributed by atoms with E-state index in [1.807, 2.05) is 25.1 Å². The summed E-state index contributed by atoms with van der Waals surface area (Å²) in [5.74, 6) is 0.625. The van der Waals surface area contributed by atoms with Gasteiger partial charge in [0.25, 0.3) is 5.91 Å². The van der Waals surface area contributed by atoms with Crippen LogP contribution in [-0.4, -0.2) is 25.7 Å². The minimum atomic E-state index is -0.446. The van der Waals surface area contributed by atoms with E-state index in [1.54, 1.807) is 14.0 Å². The van der Waals surface area contributed by atoms with Gasteiger partial charge in [-0.15, -0.1) is 0 Å². The summed E-state index contributed by atoms with van der Waals surface area (Å²) in [6, 6.07) is 5.49. The molecule has 0 unspecified atom stereocenters. The second-order valence-corrected chi connectivity index (χ2v) is 4.59. The summed E-state index contributed by atoms with van der Waals surface area (Å²) in [6.07, 6.45) is -0.446. The monoisotopic (exact) mass is 349 g/mol. The molecule has 0 saturated heterocycles. The molecule has 0 radical (unpaired) electrons. The summed E-state index contributed by atoms with van der Waals surface area (Å²) in [6.45, 7) is 4.12. The summed E-state index contributed by atoms with van der Waals surface area (Å²) in [7, 11) is 1.61. The van der Waals surface area contributed by atoms with E-state index in [9.17, 15) is 4.79 Å². The SMILES string of the molecule is CCO[C@H](C)C(=O)Nc1ccc(OC)cc1I. The molecule has 0 fully saturated rings. The summed E-state index contributed by atoms with van der Waals surface area (Å²) in [5.41, 5.74) is 0.767. The molecule has 0 aliphatic carbocycles. The fourth-order valence-electron chi connectivity index (χ4n) is 1.28. The van der Waals surface area contributed by atoms with Gasteiger partial charge in [0.15, 0.2) is 0 Å². The Morgan fingerprint density at radius 2 is 2.24 bits per heavy atom. The van der Waals surface area contributed by atoms with Crippen LogP contribution in [0, 0.1) is 3.57 Å². The van der Waals surface area contributed by atoms with Crippen LogP contribution in [0.2, 0.25) is 0 Å². The molecule has 4 nitrogen and oxygen atoms in total. The van der Waals surface area contributed by atoms with Crippen molar-refractivity contribution in [3.63, 3.8) is 0 Å². The largest absolute Gasteiger partial charge is 0.497 e. The highest BCUT2D eigenvalue weighted by molar-refractivity contribution is 14.1. The van der Waals surface area contributed by atoms with Gasteiger partial charge in [-0.1, -0.05) is 0 Å². The number of carbonyl (C=O) groups excluding carboxylic acids is 1. The minimum Gasteiger partial charge on any atom is -0.497 e. The van der Waals surface area contributed by atoms with Gasteiger partial charge in [-0.3, -0.25) is 4.79 Å². The van der Waals surface area contributed by atoms with Crippen molar-refractivity contribution in [2.75, 3.05) is 19.0 Å². The molecular weight excluding hydrogens is 333 g/mol. The van der Waals surface area contributed by atoms with E-state index < -0.39 is 6.10 Å². The molecule has 1 amide bonds. The Labute approximate surface area is 115 Å². The second-order valence-electron chi connectivity index (χ2n) is 3.43. The highest BCUT2D eigenvalue weighted by atomic mass is 127. The average Bonchev–Trinajstić information content (AvgIpc) is 2.31. The van der Waals surface area contributed by atoms with Gasteiger partial charge in [0.1, 0.15) is 11.9 Å². The van der Waals surface area contributed by atoms with E-state index in [4.69, 9.17) is 9.47 Å². The van der Waals surface area contributed by atoms with E-state index in [0.29, 0.717) is 6.61 Å². The lowest BCUT2D eigenvalue weighted by atomic mass is 10.3. The molecule has 5 heteroatoms. The first-order valence-electron chi connectivity index (χ1n) is 5.34. The molecule has 17 heavy (non-hydrogen) atoms. The van der Waals surface area contributed by atoms with E-state index >= 15 is 0 Å². The summed E-state index contributed by atoms with van der Waals surface area (Å²) in [5, 5.41) is 2.82. The van der Waals surface area contributed by atoms with Crippen LogP contribution in [0.3, 0.4) is 0 Å². The Morgan fingerprint density at radius 3 is 2.76 bits per heavy atom. The Kier molecular flexibility index (Phi) is 5.70. The lowest BCUT2D eigenvalue weighted by Gasteiger charge is -2.13. The number of anilines is 1. The molecule has 0 aromatic heterocycles. The molecule has 1 N–H and O–H groups in total. The zero-order valence-electron chi connectivity index (χ0n) is 10.1. The van der Waals surface area contributed by atoms with Gasteiger partial charge in [-0.2, -0.15) is 0 Å². The number of nitrogens with one attached hydrogen (secondary N) is 1. The first kappa shape index (κ1) is 14.2. The molecule has 0 bridgehead atoms. The number of amides is 1. The minimum absolute atomic E-state index is 0.144. The first-order valence-corrected chi connectivity index (χ1v) is 6.42. The predicted octanol–water partition coefficient (Wildman–Crippen LogP) is 2.66. The van der Waals surface area contributed by atoms with Gasteiger partial charge in [0.2, 0.25) is 0 Å². The lowest BCUT2D eigenvalue weighted by Crippen LogP contribution is -2.27. The molecule has 0 spiro atoms. The molecular formula is C12H16INO3. The topological polar surface area (TPSA) is 47.6 Å². The Hall–Kier alpha value is -0.820. The second kappa shape index (κ2) is 6.80. The predicted molar refractivity (Wildman–Crippen MR) is 75.4 cm³/mol. The van der Waals surface area contributed by atoms with Crippen molar-refractivity contribution < 1.29 is 14.3 Å². The molecule has 0 aliphatic heterocycles. The van der Waals surface area contributed by atoms with Gasteiger partial charge in [-0.05, 0) is 54.6 Å². The van der Waals surface area contributed by atoms with Crippen molar-refractivity contribution in [3.8, 4) is 5.75 Å². The van der Waals surface area contributed by atoms with Gasteiger partial charge >= 0.3 is 0 Å². The smallest absolute Gasteiger partial charge is 0.253 e. The third kappa shape index (κ3) is 4.16. The average molecular weight is 349 g/mol. The van der Waals surface area contributed by atoms with Crippen molar-refractivity contribution in [1.29, 1.82) is 0 Å². The Bertz CT molecular complexity index is 395.